The van der Waals surface area contributed by atoms with Crippen molar-refractivity contribution in [2.24, 2.45) is 0 Å². The lowest BCUT2D eigenvalue weighted by atomic mass is 10.1. The Labute approximate surface area is 133 Å². The van der Waals surface area contributed by atoms with Crippen molar-refractivity contribution in [1.29, 1.82) is 0 Å². The van der Waals surface area contributed by atoms with E-state index in [1.807, 2.05) is 13.8 Å². The molecule has 1 aromatic heterocycles. The third-order valence-electron chi connectivity index (χ3n) is 3.73. The molecule has 0 radical (unpaired) electrons. The van der Waals surface area contributed by atoms with Crippen LogP contribution in [0.3, 0.4) is 0 Å². The highest BCUT2D eigenvalue weighted by Crippen LogP contribution is 2.42. The van der Waals surface area contributed by atoms with Crippen LogP contribution in [0.4, 0.5) is 0 Å². The number of hydroxylamine groups is 1. The number of carbonyl (C=O) groups is 1. The van der Waals surface area contributed by atoms with Gasteiger partial charge in [0.05, 0.1) is 12.3 Å². The van der Waals surface area contributed by atoms with Crippen LogP contribution < -0.4 is 5.48 Å². The quantitative estimate of drug-likeness (QED) is 0.557. The Hall–Kier alpha value is -1.52. The van der Waals surface area contributed by atoms with Crippen LogP contribution in [0, 0.1) is 0 Å². The fourth-order valence-electron chi connectivity index (χ4n) is 2.82. The van der Waals surface area contributed by atoms with Gasteiger partial charge < -0.3 is 23.9 Å². The normalized spacial score (nSPS) is 32.1. The predicted molar refractivity (Wildman–Crippen MR) is 75.5 cm³/mol. The molecule has 128 valence electrons. The van der Waals surface area contributed by atoms with E-state index in [0.717, 1.165) is 0 Å². The molecule has 3 N–H and O–H groups in total. The van der Waals surface area contributed by atoms with Crippen molar-refractivity contribution >= 4 is 5.91 Å². The van der Waals surface area contributed by atoms with Crippen LogP contribution in [0.5, 0.6) is 0 Å². The van der Waals surface area contributed by atoms with Crippen LogP contribution in [-0.4, -0.2) is 51.5 Å². The molecule has 2 fully saturated rings. The summed E-state index contributed by atoms with van der Waals surface area (Å²) in [5, 5.41) is 8.68. The lowest BCUT2D eigenvalue weighted by molar-refractivity contribution is -0.174. The Morgan fingerprint density at radius 2 is 2.04 bits per heavy atom. The highest BCUT2D eigenvalue weighted by molar-refractivity contribution is 5.89. The molecule has 0 unspecified atom stereocenters. The monoisotopic (exact) mass is 327 g/mol. The molecule has 2 aliphatic heterocycles. The minimum absolute atomic E-state index is 0.0153. The zero-order chi connectivity index (χ0) is 16.8. The molecule has 0 bridgehead atoms. The van der Waals surface area contributed by atoms with Crippen LogP contribution in [0.2, 0.25) is 0 Å². The van der Waals surface area contributed by atoms with Crippen LogP contribution in [0.15, 0.2) is 6.20 Å². The van der Waals surface area contributed by atoms with Gasteiger partial charge in [0.2, 0.25) is 0 Å². The summed E-state index contributed by atoms with van der Waals surface area (Å²) < 4.78 is 23.3. The van der Waals surface area contributed by atoms with Crippen molar-refractivity contribution in [1.82, 2.24) is 15.4 Å². The first kappa shape index (κ1) is 16.3. The molecule has 0 spiro atoms. The second-order valence-corrected chi connectivity index (χ2v) is 6.50. The molecule has 9 heteroatoms. The molecule has 3 rings (SSSR count). The van der Waals surface area contributed by atoms with E-state index < -0.39 is 29.7 Å². The maximum atomic E-state index is 11.4. The SMILES string of the molecule is CC1(C)O[C@H]([C@H]2COC(C)(C)O2)[C@@H](c2c[nH]c(C(=O)NO)n2)O1. The van der Waals surface area contributed by atoms with Crippen molar-refractivity contribution in [3.63, 3.8) is 0 Å². The number of ether oxygens (including phenoxy) is 4. The van der Waals surface area contributed by atoms with Gasteiger partial charge in [-0.2, -0.15) is 0 Å². The highest BCUT2D eigenvalue weighted by Gasteiger charge is 2.51. The van der Waals surface area contributed by atoms with Gasteiger partial charge in [0.25, 0.3) is 0 Å². The van der Waals surface area contributed by atoms with E-state index in [1.165, 1.54) is 5.48 Å². The molecule has 0 aliphatic carbocycles. The third kappa shape index (κ3) is 3.24. The molecule has 3 heterocycles. The summed E-state index contributed by atoms with van der Waals surface area (Å²) in [5.41, 5.74) is 2.02. The number of nitrogens with zero attached hydrogens (tertiary/aromatic N) is 1. The molecular weight excluding hydrogens is 306 g/mol. The van der Waals surface area contributed by atoms with Gasteiger partial charge in [0.1, 0.15) is 18.3 Å². The van der Waals surface area contributed by atoms with E-state index in [2.05, 4.69) is 9.97 Å². The van der Waals surface area contributed by atoms with Gasteiger partial charge in [-0.3, -0.25) is 10.0 Å². The summed E-state index contributed by atoms with van der Waals surface area (Å²) in [6, 6.07) is 0. The topological polar surface area (TPSA) is 115 Å². The van der Waals surface area contributed by atoms with Crippen molar-refractivity contribution in [2.75, 3.05) is 6.61 Å². The Balaban J connectivity index is 1.83. The first-order valence-electron chi connectivity index (χ1n) is 7.38. The number of aromatic nitrogens is 2. The van der Waals surface area contributed by atoms with Crippen LogP contribution in [0.1, 0.15) is 50.1 Å². The molecular formula is C14H21N3O6. The lowest BCUT2D eigenvalue weighted by Gasteiger charge is -2.23. The number of aromatic amines is 1. The zero-order valence-electron chi connectivity index (χ0n) is 13.5. The van der Waals surface area contributed by atoms with E-state index in [4.69, 9.17) is 24.2 Å². The van der Waals surface area contributed by atoms with E-state index in [-0.39, 0.29) is 11.9 Å². The van der Waals surface area contributed by atoms with E-state index in [0.29, 0.717) is 12.3 Å². The molecule has 2 saturated heterocycles. The molecule has 3 atom stereocenters. The number of carbonyl (C=O) groups excluding carboxylic acids is 1. The van der Waals surface area contributed by atoms with Crippen LogP contribution >= 0.6 is 0 Å². The first-order chi connectivity index (χ1) is 10.7. The Bertz CT molecular complexity index is 599. The fraction of sp³-hybridized carbons (Fsp3) is 0.714. The Kier molecular flexibility index (Phi) is 3.93. The van der Waals surface area contributed by atoms with E-state index in [9.17, 15) is 4.79 Å². The van der Waals surface area contributed by atoms with Crippen LogP contribution in [0.25, 0.3) is 0 Å². The summed E-state index contributed by atoms with van der Waals surface area (Å²) in [5.74, 6) is -2.24. The molecule has 9 nitrogen and oxygen atoms in total. The number of imidazole rings is 1. The molecule has 1 aromatic rings. The average Bonchev–Trinajstić information content (AvgIpc) is 3.14. The number of hydrogen-bond acceptors (Lipinski definition) is 7. The molecule has 0 aromatic carbocycles. The van der Waals surface area contributed by atoms with Crippen molar-refractivity contribution in [3.05, 3.63) is 17.7 Å². The summed E-state index contributed by atoms with van der Waals surface area (Å²) in [4.78, 5) is 18.3. The minimum Gasteiger partial charge on any atom is -0.348 e. The third-order valence-corrected chi connectivity index (χ3v) is 3.73. The van der Waals surface area contributed by atoms with Crippen molar-refractivity contribution in [3.8, 4) is 0 Å². The Morgan fingerprint density at radius 3 is 2.65 bits per heavy atom. The smallest absolute Gasteiger partial charge is 0.310 e. The van der Waals surface area contributed by atoms with Gasteiger partial charge in [-0.15, -0.1) is 0 Å². The molecule has 23 heavy (non-hydrogen) atoms. The average molecular weight is 327 g/mol. The van der Waals surface area contributed by atoms with Crippen LogP contribution in [-0.2, 0) is 18.9 Å². The predicted octanol–water partition coefficient (Wildman–Crippen LogP) is 0.873. The number of nitrogens with one attached hydrogen (secondary N) is 2. The van der Waals surface area contributed by atoms with Gasteiger partial charge >= 0.3 is 5.91 Å². The summed E-state index contributed by atoms with van der Waals surface area (Å²) in [6.45, 7) is 7.65. The Morgan fingerprint density at radius 1 is 1.30 bits per heavy atom. The van der Waals surface area contributed by atoms with Gasteiger partial charge in [-0.1, -0.05) is 0 Å². The second kappa shape index (κ2) is 5.53. The number of hydrogen-bond donors (Lipinski definition) is 3. The standard InChI is InChI=1S/C14H21N3O6/c1-13(2)20-6-8(21-13)10-9(22-14(3,4)23-10)7-5-15-11(16-7)12(18)17-19/h5,8-10,19H,6H2,1-4H3,(H,15,16)(H,17,18)/t8-,9-,10-/m1/s1. The first-order valence-corrected chi connectivity index (χ1v) is 7.38. The molecule has 2 aliphatic rings. The molecule has 0 saturated carbocycles. The van der Waals surface area contributed by atoms with E-state index >= 15 is 0 Å². The van der Waals surface area contributed by atoms with Gasteiger partial charge in [-0.25, -0.2) is 10.5 Å². The number of rotatable bonds is 3. The zero-order valence-corrected chi connectivity index (χ0v) is 13.5. The van der Waals surface area contributed by atoms with Gasteiger partial charge in [0.15, 0.2) is 17.4 Å². The second-order valence-electron chi connectivity index (χ2n) is 6.50. The highest BCUT2D eigenvalue weighted by atomic mass is 16.8. The van der Waals surface area contributed by atoms with E-state index in [1.54, 1.807) is 20.0 Å². The van der Waals surface area contributed by atoms with Gasteiger partial charge in [-0.05, 0) is 27.7 Å². The number of H-pyrrole nitrogens is 1. The maximum absolute atomic E-state index is 11.4. The summed E-state index contributed by atoms with van der Waals surface area (Å²) in [6.07, 6.45) is 0.279. The summed E-state index contributed by atoms with van der Waals surface area (Å²) in [7, 11) is 0. The van der Waals surface area contributed by atoms with Crippen molar-refractivity contribution in [2.45, 2.75) is 57.6 Å². The van der Waals surface area contributed by atoms with Crippen molar-refractivity contribution < 1.29 is 28.9 Å². The summed E-state index contributed by atoms with van der Waals surface area (Å²) >= 11 is 0. The largest absolute Gasteiger partial charge is 0.348 e. The van der Waals surface area contributed by atoms with Gasteiger partial charge in [0, 0.05) is 6.20 Å². The lowest BCUT2D eigenvalue weighted by Crippen LogP contribution is -2.35. The molecule has 1 amide bonds. The minimum atomic E-state index is -0.816. The number of amides is 1. The fourth-order valence-corrected chi connectivity index (χ4v) is 2.82. The maximum Gasteiger partial charge on any atom is 0.310 e.